The van der Waals surface area contributed by atoms with Gasteiger partial charge in [0.2, 0.25) is 5.91 Å². The summed E-state index contributed by atoms with van der Waals surface area (Å²) in [7, 11) is 3.51. The van der Waals surface area contributed by atoms with Crippen molar-refractivity contribution in [3.63, 3.8) is 0 Å². The molecule has 4 heteroatoms. The van der Waals surface area contributed by atoms with Gasteiger partial charge in [-0.25, -0.2) is 0 Å². The van der Waals surface area contributed by atoms with Crippen LogP contribution in [-0.4, -0.2) is 26.6 Å². The number of nitrogens with one attached hydrogen (secondary N) is 2. The van der Waals surface area contributed by atoms with Crippen molar-refractivity contribution in [3.05, 3.63) is 54.1 Å². The van der Waals surface area contributed by atoms with Crippen LogP contribution in [0.2, 0.25) is 0 Å². The lowest BCUT2D eigenvalue weighted by atomic mass is 10.0. The molecular formula is C19H24N2O2. The van der Waals surface area contributed by atoms with E-state index in [0.29, 0.717) is 13.1 Å². The number of carbonyl (C=O) groups is 1. The van der Waals surface area contributed by atoms with Crippen molar-refractivity contribution >= 4 is 5.91 Å². The summed E-state index contributed by atoms with van der Waals surface area (Å²) >= 11 is 0. The van der Waals surface area contributed by atoms with E-state index in [9.17, 15) is 4.79 Å². The SMILES string of the molecule is CNCC(C)C(=O)NCc1ccc(-c2ccc(OC)cc2)cc1. The predicted octanol–water partition coefficient (Wildman–Crippen LogP) is 2.83. The highest BCUT2D eigenvalue weighted by molar-refractivity contribution is 5.78. The second-order valence-corrected chi connectivity index (χ2v) is 5.60. The maximum absolute atomic E-state index is 11.9. The van der Waals surface area contributed by atoms with Crippen LogP contribution in [0.5, 0.6) is 5.75 Å². The van der Waals surface area contributed by atoms with Gasteiger partial charge in [0.15, 0.2) is 0 Å². The fourth-order valence-corrected chi connectivity index (χ4v) is 2.36. The Morgan fingerprint density at radius 2 is 1.61 bits per heavy atom. The molecular weight excluding hydrogens is 288 g/mol. The fraction of sp³-hybridized carbons (Fsp3) is 0.316. The van der Waals surface area contributed by atoms with E-state index >= 15 is 0 Å². The van der Waals surface area contributed by atoms with Gasteiger partial charge in [-0.15, -0.1) is 0 Å². The standard InChI is InChI=1S/C19H24N2O2/c1-14(12-20-2)19(22)21-13-15-4-6-16(7-5-15)17-8-10-18(23-3)11-9-17/h4-11,14,20H,12-13H2,1-3H3,(H,21,22). The lowest BCUT2D eigenvalue weighted by Gasteiger charge is -2.12. The van der Waals surface area contributed by atoms with Gasteiger partial charge in [0.25, 0.3) is 0 Å². The Labute approximate surface area is 137 Å². The Hall–Kier alpha value is -2.33. The number of methoxy groups -OCH3 is 1. The minimum absolute atomic E-state index is 0.0291. The zero-order valence-electron chi connectivity index (χ0n) is 13.9. The van der Waals surface area contributed by atoms with E-state index in [-0.39, 0.29) is 11.8 Å². The molecule has 122 valence electrons. The average molecular weight is 312 g/mol. The highest BCUT2D eigenvalue weighted by Crippen LogP contribution is 2.22. The second-order valence-electron chi connectivity index (χ2n) is 5.60. The molecule has 0 aliphatic rings. The molecule has 2 aromatic rings. The molecule has 0 fully saturated rings. The van der Waals surface area contributed by atoms with Crippen molar-refractivity contribution in [3.8, 4) is 16.9 Å². The van der Waals surface area contributed by atoms with Crippen LogP contribution in [0.3, 0.4) is 0 Å². The first kappa shape index (κ1) is 17.0. The third-order valence-electron chi connectivity index (χ3n) is 3.80. The van der Waals surface area contributed by atoms with Gasteiger partial charge < -0.3 is 15.4 Å². The zero-order chi connectivity index (χ0) is 16.7. The Balaban J connectivity index is 1.95. The molecule has 1 unspecified atom stereocenters. The van der Waals surface area contributed by atoms with Crippen LogP contribution < -0.4 is 15.4 Å². The summed E-state index contributed by atoms with van der Waals surface area (Å²) in [4.78, 5) is 11.9. The third-order valence-corrected chi connectivity index (χ3v) is 3.80. The summed E-state index contributed by atoms with van der Waals surface area (Å²) in [5, 5.41) is 5.97. The van der Waals surface area contributed by atoms with Gasteiger partial charge in [0, 0.05) is 19.0 Å². The zero-order valence-corrected chi connectivity index (χ0v) is 13.9. The van der Waals surface area contributed by atoms with E-state index in [0.717, 1.165) is 22.4 Å². The van der Waals surface area contributed by atoms with Crippen LogP contribution in [0.4, 0.5) is 0 Å². The summed E-state index contributed by atoms with van der Waals surface area (Å²) in [6, 6.07) is 16.2. The molecule has 0 aliphatic heterocycles. The monoisotopic (exact) mass is 312 g/mol. The van der Waals surface area contributed by atoms with Crippen LogP contribution in [-0.2, 0) is 11.3 Å². The first-order chi connectivity index (χ1) is 11.1. The van der Waals surface area contributed by atoms with Crippen LogP contribution >= 0.6 is 0 Å². The minimum atomic E-state index is -0.0291. The number of rotatable bonds is 7. The van der Waals surface area contributed by atoms with Gasteiger partial charge in [-0.2, -0.15) is 0 Å². The highest BCUT2D eigenvalue weighted by atomic mass is 16.5. The highest BCUT2D eigenvalue weighted by Gasteiger charge is 2.10. The molecule has 0 radical (unpaired) electrons. The Morgan fingerprint density at radius 3 is 2.13 bits per heavy atom. The molecule has 2 rings (SSSR count). The van der Waals surface area contributed by atoms with Crippen LogP contribution in [0.1, 0.15) is 12.5 Å². The van der Waals surface area contributed by atoms with Crippen molar-refractivity contribution < 1.29 is 9.53 Å². The second kappa shape index (κ2) is 8.34. The number of hydrogen-bond acceptors (Lipinski definition) is 3. The molecule has 0 heterocycles. The van der Waals surface area contributed by atoms with E-state index in [2.05, 4.69) is 22.8 Å². The molecule has 2 N–H and O–H groups in total. The Kier molecular flexibility index (Phi) is 6.18. The molecule has 1 amide bonds. The maximum Gasteiger partial charge on any atom is 0.224 e. The topological polar surface area (TPSA) is 50.4 Å². The van der Waals surface area contributed by atoms with Crippen molar-refractivity contribution in [2.24, 2.45) is 5.92 Å². The average Bonchev–Trinajstić information content (AvgIpc) is 2.60. The first-order valence-corrected chi connectivity index (χ1v) is 7.79. The summed E-state index contributed by atoms with van der Waals surface area (Å²) in [5.41, 5.74) is 3.38. The Morgan fingerprint density at radius 1 is 1.04 bits per heavy atom. The van der Waals surface area contributed by atoms with Gasteiger partial charge in [0.1, 0.15) is 5.75 Å². The lowest BCUT2D eigenvalue weighted by molar-refractivity contribution is -0.124. The summed E-state index contributed by atoms with van der Waals surface area (Å²) in [5.74, 6) is 0.890. The fourth-order valence-electron chi connectivity index (χ4n) is 2.36. The summed E-state index contributed by atoms with van der Waals surface area (Å²) in [6.45, 7) is 3.15. The molecule has 2 aromatic carbocycles. The van der Waals surface area contributed by atoms with E-state index in [4.69, 9.17) is 4.74 Å². The molecule has 1 atom stereocenters. The largest absolute Gasteiger partial charge is 0.497 e. The van der Waals surface area contributed by atoms with Gasteiger partial charge in [-0.1, -0.05) is 43.3 Å². The summed E-state index contributed by atoms with van der Waals surface area (Å²) in [6.07, 6.45) is 0. The number of amides is 1. The molecule has 0 aliphatic carbocycles. The minimum Gasteiger partial charge on any atom is -0.497 e. The Bertz CT molecular complexity index is 621. The molecule has 0 saturated carbocycles. The number of benzene rings is 2. The summed E-state index contributed by atoms with van der Waals surface area (Å²) < 4.78 is 5.17. The van der Waals surface area contributed by atoms with Crippen molar-refractivity contribution in [1.82, 2.24) is 10.6 Å². The van der Waals surface area contributed by atoms with Crippen LogP contribution in [0, 0.1) is 5.92 Å². The van der Waals surface area contributed by atoms with E-state index in [1.807, 2.05) is 50.4 Å². The van der Waals surface area contributed by atoms with E-state index in [1.54, 1.807) is 7.11 Å². The van der Waals surface area contributed by atoms with Crippen molar-refractivity contribution in [2.45, 2.75) is 13.5 Å². The normalized spacial score (nSPS) is 11.8. The van der Waals surface area contributed by atoms with E-state index < -0.39 is 0 Å². The molecule has 0 spiro atoms. The van der Waals surface area contributed by atoms with Gasteiger partial charge >= 0.3 is 0 Å². The number of hydrogen-bond donors (Lipinski definition) is 2. The number of ether oxygens (including phenoxy) is 1. The lowest BCUT2D eigenvalue weighted by Crippen LogP contribution is -2.33. The smallest absolute Gasteiger partial charge is 0.224 e. The van der Waals surface area contributed by atoms with Crippen molar-refractivity contribution in [2.75, 3.05) is 20.7 Å². The van der Waals surface area contributed by atoms with Crippen LogP contribution in [0.25, 0.3) is 11.1 Å². The quantitative estimate of drug-likeness (QED) is 0.826. The molecule has 0 aromatic heterocycles. The van der Waals surface area contributed by atoms with Gasteiger partial charge in [-0.3, -0.25) is 4.79 Å². The first-order valence-electron chi connectivity index (χ1n) is 7.79. The molecule has 0 bridgehead atoms. The van der Waals surface area contributed by atoms with Crippen LogP contribution in [0.15, 0.2) is 48.5 Å². The maximum atomic E-state index is 11.9. The molecule has 0 saturated heterocycles. The van der Waals surface area contributed by atoms with Gasteiger partial charge in [0.05, 0.1) is 7.11 Å². The number of carbonyl (C=O) groups excluding carboxylic acids is 1. The third kappa shape index (κ3) is 4.83. The predicted molar refractivity (Wildman–Crippen MR) is 93.4 cm³/mol. The molecule has 23 heavy (non-hydrogen) atoms. The van der Waals surface area contributed by atoms with Gasteiger partial charge in [-0.05, 0) is 35.9 Å². The van der Waals surface area contributed by atoms with Crippen molar-refractivity contribution in [1.29, 1.82) is 0 Å². The van der Waals surface area contributed by atoms with E-state index in [1.165, 1.54) is 0 Å². The molecule has 4 nitrogen and oxygen atoms in total.